The average molecular weight is 375 g/mol. The van der Waals surface area contributed by atoms with Gasteiger partial charge < -0.3 is 8.85 Å². The van der Waals surface area contributed by atoms with E-state index in [-0.39, 0.29) is 0 Å². The molecule has 0 N–H and O–H groups in total. The third-order valence-electron chi connectivity index (χ3n) is 5.88. The number of Topliss-reactive ketones (excluding diaryl/α,β-unsaturated/α-hetero) is 1. The van der Waals surface area contributed by atoms with Gasteiger partial charge in [-0.3, -0.25) is 4.79 Å². The Kier molecular flexibility index (Phi) is 13.3. The number of hydrogen-bond acceptors (Lipinski definition) is 3. The molecule has 0 fully saturated rings. The topological polar surface area (TPSA) is 35.5 Å². The number of hydrogen-bond donors (Lipinski definition) is 0. The van der Waals surface area contributed by atoms with Crippen molar-refractivity contribution in [3.05, 3.63) is 0 Å². The molecule has 24 heavy (non-hydrogen) atoms. The molecular weight excluding hydrogens is 332 g/mol. The van der Waals surface area contributed by atoms with E-state index in [1.165, 1.54) is 36.3 Å². The van der Waals surface area contributed by atoms with Crippen LogP contribution in [0.4, 0.5) is 0 Å². The summed E-state index contributed by atoms with van der Waals surface area (Å²) in [6.45, 7) is 15.0. The predicted molar refractivity (Wildman–Crippen MR) is 110 cm³/mol. The van der Waals surface area contributed by atoms with Gasteiger partial charge in [0.15, 0.2) is 16.6 Å². The maximum absolute atomic E-state index is 12.0. The summed E-state index contributed by atoms with van der Waals surface area (Å²) in [7, 11) is -2.96. The molecule has 0 aromatic rings. The molecule has 0 saturated heterocycles. The van der Waals surface area contributed by atoms with Gasteiger partial charge in [-0.15, -0.1) is 0 Å². The van der Waals surface area contributed by atoms with Crippen molar-refractivity contribution < 1.29 is 13.6 Å². The van der Waals surface area contributed by atoms with Crippen LogP contribution >= 0.6 is 0 Å². The molecule has 0 unspecified atom stereocenters. The molecule has 0 bridgehead atoms. The van der Waals surface area contributed by atoms with Crippen molar-refractivity contribution in [3.63, 3.8) is 0 Å². The Balaban J connectivity index is 3.88. The van der Waals surface area contributed by atoms with E-state index in [1.807, 2.05) is 0 Å². The van der Waals surface area contributed by atoms with Crippen molar-refractivity contribution in [2.24, 2.45) is 0 Å². The number of rotatable bonds is 16. The highest BCUT2D eigenvalue weighted by Gasteiger charge is 2.29. The highest BCUT2D eigenvalue weighted by Crippen LogP contribution is 2.23. The molecule has 3 nitrogen and oxygen atoms in total. The number of ketones is 1. The zero-order valence-electron chi connectivity index (χ0n) is 17.2. The fourth-order valence-electron chi connectivity index (χ4n) is 3.35. The molecule has 5 heteroatoms. The van der Waals surface area contributed by atoms with Gasteiger partial charge in [-0.2, -0.15) is 0 Å². The molecule has 0 atom stereocenters. The fraction of sp³-hybridized carbons (Fsp3) is 0.947. The molecular formula is C19H42O3Si2. The largest absolute Gasteiger partial charge is 0.417 e. The van der Waals surface area contributed by atoms with Gasteiger partial charge >= 0.3 is 0 Å². The molecule has 144 valence electrons. The first-order valence-corrected chi connectivity index (χ1v) is 15.3. The minimum absolute atomic E-state index is 0.371. The summed E-state index contributed by atoms with van der Waals surface area (Å²) in [5, 5.41) is 0. The molecule has 0 aliphatic heterocycles. The van der Waals surface area contributed by atoms with Crippen molar-refractivity contribution in [1.82, 2.24) is 0 Å². The second kappa shape index (κ2) is 13.3. The third kappa shape index (κ3) is 8.41. The average Bonchev–Trinajstić information content (AvgIpc) is 2.63. The van der Waals surface area contributed by atoms with E-state index in [1.54, 1.807) is 0 Å². The van der Waals surface area contributed by atoms with Crippen LogP contribution < -0.4 is 0 Å². The predicted octanol–water partition coefficient (Wildman–Crippen LogP) is 6.16. The van der Waals surface area contributed by atoms with Crippen LogP contribution in [0.3, 0.4) is 0 Å². The number of carbonyl (C=O) groups excluding carboxylic acids is 1. The monoisotopic (exact) mass is 374 g/mol. The minimum atomic E-state index is -1.48. The lowest BCUT2D eigenvalue weighted by atomic mass is 10.1. The van der Waals surface area contributed by atoms with E-state index in [2.05, 4.69) is 41.5 Å². The van der Waals surface area contributed by atoms with Crippen molar-refractivity contribution in [2.45, 2.75) is 103 Å². The maximum Gasteiger partial charge on any atom is 0.191 e. The third-order valence-corrected chi connectivity index (χ3v) is 15.2. The van der Waals surface area contributed by atoms with Crippen LogP contribution in [0.15, 0.2) is 0 Å². The normalized spacial score (nSPS) is 12.6. The van der Waals surface area contributed by atoms with Crippen LogP contribution in [0, 0.1) is 0 Å². The lowest BCUT2D eigenvalue weighted by molar-refractivity contribution is -0.119. The van der Waals surface area contributed by atoms with Crippen molar-refractivity contribution >= 4 is 22.4 Å². The van der Waals surface area contributed by atoms with Crippen LogP contribution in [0.5, 0.6) is 0 Å². The molecule has 0 aliphatic rings. The molecule has 0 heterocycles. The number of carbonyl (C=O) groups is 1. The van der Waals surface area contributed by atoms with E-state index in [0.717, 1.165) is 26.1 Å². The van der Waals surface area contributed by atoms with Gasteiger partial charge in [-0.1, -0.05) is 41.5 Å². The Morgan fingerprint density at radius 3 is 1.17 bits per heavy atom. The molecule has 0 rings (SSSR count). The fourth-order valence-corrected chi connectivity index (χ4v) is 8.73. The SMILES string of the molecule is CC[Si](CC)(CC)OCCCC(=O)CCCO[Si](CC)(CC)CC. The first-order chi connectivity index (χ1) is 11.5. The second-order valence-electron chi connectivity index (χ2n) is 6.93. The minimum Gasteiger partial charge on any atom is -0.417 e. The Hall–Kier alpha value is 0.0238. The van der Waals surface area contributed by atoms with Crippen molar-refractivity contribution in [2.75, 3.05) is 13.2 Å². The molecule has 0 aromatic heterocycles. The van der Waals surface area contributed by atoms with Crippen LogP contribution in [-0.2, 0) is 13.6 Å². The Morgan fingerprint density at radius 1 is 0.625 bits per heavy atom. The molecule has 0 radical (unpaired) electrons. The smallest absolute Gasteiger partial charge is 0.191 e. The molecule has 0 saturated carbocycles. The highest BCUT2D eigenvalue weighted by molar-refractivity contribution is 6.73. The standard InChI is InChI=1S/C19H42O3Si2/c1-7-23(8-2,9-3)21-17-13-15-19(20)16-14-18-22-24(10-4,11-5)12-6/h7-18H2,1-6H3. The summed E-state index contributed by atoms with van der Waals surface area (Å²) in [5.41, 5.74) is 0. The second-order valence-corrected chi connectivity index (χ2v) is 16.5. The first-order valence-electron chi connectivity index (χ1n) is 10.3. The van der Waals surface area contributed by atoms with Gasteiger partial charge in [0.1, 0.15) is 5.78 Å². The lowest BCUT2D eigenvalue weighted by Gasteiger charge is -2.28. The van der Waals surface area contributed by atoms with Gasteiger partial charge in [0.05, 0.1) is 0 Å². The van der Waals surface area contributed by atoms with E-state index < -0.39 is 16.6 Å². The van der Waals surface area contributed by atoms with Crippen molar-refractivity contribution in [1.29, 1.82) is 0 Å². The summed E-state index contributed by atoms with van der Waals surface area (Å²) in [4.78, 5) is 12.0. The van der Waals surface area contributed by atoms with Gasteiger partial charge in [0.25, 0.3) is 0 Å². The van der Waals surface area contributed by atoms with Gasteiger partial charge in [0.2, 0.25) is 0 Å². The van der Waals surface area contributed by atoms with Crippen LogP contribution in [0.2, 0.25) is 36.3 Å². The van der Waals surface area contributed by atoms with Crippen LogP contribution in [-0.4, -0.2) is 35.6 Å². The molecule has 0 aliphatic carbocycles. The quantitative estimate of drug-likeness (QED) is 0.240. The Bertz CT molecular complexity index is 280. The molecule has 0 amide bonds. The van der Waals surface area contributed by atoms with Gasteiger partial charge in [0, 0.05) is 26.1 Å². The summed E-state index contributed by atoms with van der Waals surface area (Å²) in [6, 6.07) is 7.10. The summed E-state index contributed by atoms with van der Waals surface area (Å²) in [5.74, 6) is 0.371. The van der Waals surface area contributed by atoms with Gasteiger partial charge in [-0.25, -0.2) is 0 Å². The molecule has 0 aromatic carbocycles. The Labute approximate surface area is 153 Å². The first kappa shape index (κ1) is 24.0. The van der Waals surface area contributed by atoms with E-state index in [9.17, 15) is 4.79 Å². The van der Waals surface area contributed by atoms with E-state index in [4.69, 9.17) is 8.85 Å². The van der Waals surface area contributed by atoms with E-state index in [0.29, 0.717) is 18.6 Å². The van der Waals surface area contributed by atoms with Gasteiger partial charge in [-0.05, 0) is 49.1 Å². The summed E-state index contributed by atoms with van der Waals surface area (Å²) >= 11 is 0. The van der Waals surface area contributed by atoms with Crippen LogP contribution in [0.25, 0.3) is 0 Å². The highest BCUT2D eigenvalue weighted by atomic mass is 28.4. The lowest BCUT2D eigenvalue weighted by Crippen LogP contribution is -2.36. The summed E-state index contributed by atoms with van der Waals surface area (Å²) < 4.78 is 12.4. The Morgan fingerprint density at radius 2 is 0.917 bits per heavy atom. The van der Waals surface area contributed by atoms with Crippen molar-refractivity contribution in [3.8, 4) is 0 Å². The van der Waals surface area contributed by atoms with Crippen LogP contribution in [0.1, 0.15) is 67.2 Å². The van der Waals surface area contributed by atoms with E-state index >= 15 is 0 Å². The molecule has 0 spiro atoms. The zero-order valence-corrected chi connectivity index (χ0v) is 19.2. The maximum atomic E-state index is 12.0. The zero-order chi connectivity index (χ0) is 18.5. The summed E-state index contributed by atoms with van der Waals surface area (Å²) in [6.07, 6.45) is 3.09.